The third-order valence-electron chi connectivity index (χ3n) is 5.61. The molecule has 0 saturated heterocycles. The molecule has 4 aromatic rings. The number of nitrogens with one attached hydrogen (secondary N) is 4. The maximum Gasteiger partial charge on any atom is 0.251 e. The van der Waals surface area contributed by atoms with E-state index in [4.69, 9.17) is 11.1 Å². The zero-order chi connectivity index (χ0) is 24.8. The smallest absolute Gasteiger partial charge is 0.251 e. The van der Waals surface area contributed by atoms with Crippen LogP contribution in [0.1, 0.15) is 21.5 Å². The Balaban J connectivity index is 1.36. The van der Waals surface area contributed by atoms with Crippen LogP contribution >= 0.6 is 0 Å². The number of hydrogen-bond acceptors (Lipinski definition) is 7. The van der Waals surface area contributed by atoms with Crippen molar-refractivity contribution in [1.29, 1.82) is 5.41 Å². The zero-order valence-electron chi connectivity index (χ0n) is 19.0. The second kappa shape index (κ2) is 10.8. The molecule has 0 radical (unpaired) electrons. The quantitative estimate of drug-likeness (QED) is 0.135. The first-order chi connectivity index (χ1) is 17.0. The van der Waals surface area contributed by atoms with E-state index >= 15 is 0 Å². The fraction of sp³-hybridized carbons (Fsp3) is 0.200. The highest BCUT2D eigenvalue weighted by atomic mass is 16.3. The fourth-order valence-electron chi connectivity index (χ4n) is 3.68. The van der Waals surface area contributed by atoms with Crippen LogP contribution in [0.3, 0.4) is 0 Å². The minimum absolute atomic E-state index is 0.0131. The molecule has 0 aliphatic heterocycles. The molecule has 10 nitrogen and oxygen atoms in total. The van der Waals surface area contributed by atoms with Crippen LogP contribution in [-0.2, 0) is 6.42 Å². The number of amidine groups is 1. The van der Waals surface area contributed by atoms with Crippen molar-refractivity contribution in [3.8, 4) is 11.3 Å². The number of carbonyl (C=O) groups excluding carboxylic acids is 1. The minimum Gasteiger partial charge on any atom is -0.394 e. The van der Waals surface area contributed by atoms with Crippen LogP contribution in [0.15, 0.2) is 60.9 Å². The number of rotatable bonds is 10. The Morgan fingerprint density at radius 1 is 1.11 bits per heavy atom. The molecule has 0 aliphatic rings. The Morgan fingerprint density at radius 2 is 1.89 bits per heavy atom. The molecule has 35 heavy (non-hydrogen) atoms. The number of aliphatic hydroxyl groups excluding tert-OH is 2. The number of aromatic nitrogens is 3. The number of H-pyrrole nitrogens is 1. The topological polar surface area (TPSA) is 173 Å². The third kappa shape index (κ3) is 5.62. The van der Waals surface area contributed by atoms with E-state index < -0.39 is 6.04 Å². The number of hydrogen-bond donors (Lipinski definition) is 7. The molecular formula is C25H27N7O3. The molecule has 2 heterocycles. The number of nitrogens with two attached hydrogens (primary N) is 1. The summed E-state index contributed by atoms with van der Waals surface area (Å²) in [5, 5.41) is 32.8. The lowest BCUT2D eigenvalue weighted by molar-refractivity contribution is 0.0954. The van der Waals surface area contributed by atoms with Gasteiger partial charge in [-0.25, -0.2) is 9.97 Å². The summed E-state index contributed by atoms with van der Waals surface area (Å²) in [6.07, 6.45) is 3.95. The van der Waals surface area contributed by atoms with E-state index in [1.165, 1.54) is 0 Å². The molecule has 1 amide bonds. The largest absolute Gasteiger partial charge is 0.394 e. The number of nitrogen functional groups attached to an aromatic ring is 1. The lowest BCUT2D eigenvalue weighted by Gasteiger charge is -2.13. The number of aliphatic hydroxyl groups is 2. The van der Waals surface area contributed by atoms with E-state index in [-0.39, 0.29) is 25.0 Å². The van der Waals surface area contributed by atoms with Gasteiger partial charge in [0.15, 0.2) is 0 Å². The Hall–Kier alpha value is -4.28. The second-order valence-corrected chi connectivity index (χ2v) is 8.05. The highest BCUT2D eigenvalue weighted by molar-refractivity contribution is 6.07. The summed E-state index contributed by atoms with van der Waals surface area (Å²) in [7, 11) is 0. The van der Waals surface area contributed by atoms with Crippen LogP contribution in [0.2, 0.25) is 0 Å². The van der Waals surface area contributed by atoms with Gasteiger partial charge in [-0.2, -0.15) is 0 Å². The summed E-state index contributed by atoms with van der Waals surface area (Å²) in [4.78, 5) is 24.2. The van der Waals surface area contributed by atoms with Gasteiger partial charge in [0.1, 0.15) is 5.84 Å². The van der Waals surface area contributed by atoms with Crippen molar-refractivity contribution in [3.05, 3.63) is 77.6 Å². The molecule has 0 unspecified atom stereocenters. The lowest BCUT2D eigenvalue weighted by atomic mass is 10.1. The first-order valence-electron chi connectivity index (χ1n) is 11.1. The van der Waals surface area contributed by atoms with Gasteiger partial charge in [0.25, 0.3) is 5.91 Å². The van der Waals surface area contributed by atoms with Gasteiger partial charge in [0, 0.05) is 46.5 Å². The van der Waals surface area contributed by atoms with Crippen molar-refractivity contribution in [2.45, 2.75) is 12.5 Å². The predicted octanol–water partition coefficient (Wildman–Crippen LogP) is 1.65. The molecule has 4 rings (SSSR count). The first kappa shape index (κ1) is 23.9. The summed E-state index contributed by atoms with van der Waals surface area (Å²) in [5.74, 6) is 0.132. The van der Waals surface area contributed by atoms with Crippen molar-refractivity contribution in [2.24, 2.45) is 5.73 Å². The zero-order valence-corrected chi connectivity index (χ0v) is 19.0. The van der Waals surface area contributed by atoms with Crippen LogP contribution in [-0.4, -0.2) is 62.7 Å². The SMILES string of the molecule is N=C(N)c1c[nH]c2ccc(CCNC(=O)c3ccc(-c4ccnc(NC(CO)CO)n4)cc3)cc12. The van der Waals surface area contributed by atoms with Crippen molar-refractivity contribution in [3.63, 3.8) is 0 Å². The van der Waals surface area contributed by atoms with E-state index in [2.05, 4.69) is 25.6 Å². The molecule has 0 fully saturated rings. The Kier molecular flexibility index (Phi) is 7.34. The van der Waals surface area contributed by atoms with Crippen molar-refractivity contribution < 1.29 is 15.0 Å². The van der Waals surface area contributed by atoms with Gasteiger partial charge >= 0.3 is 0 Å². The molecule has 180 valence electrons. The van der Waals surface area contributed by atoms with Crippen LogP contribution in [0, 0.1) is 5.41 Å². The highest BCUT2D eigenvalue weighted by Gasteiger charge is 2.11. The minimum atomic E-state index is -0.544. The van der Waals surface area contributed by atoms with E-state index in [1.54, 1.807) is 42.7 Å². The fourth-order valence-corrected chi connectivity index (χ4v) is 3.68. The maximum atomic E-state index is 12.6. The first-order valence-corrected chi connectivity index (χ1v) is 11.1. The van der Waals surface area contributed by atoms with Gasteiger partial charge in [-0.3, -0.25) is 10.2 Å². The monoisotopic (exact) mass is 473 g/mol. The average Bonchev–Trinajstić information content (AvgIpc) is 3.31. The summed E-state index contributed by atoms with van der Waals surface area (Å²) in [5.41, 5.74) is 10.2. The van der Waals surface area contributed by atoms with E-state index in [9.17, 15) is 15.0 Å². The Bertz CT molecular complexity index is 1330. The van der Waals surface area contributed by atoms with Crippen LogP contribution < -0.4 is 16.4 Å². The number of amides is 1. The standard InChI is InChI=1S/C25H27N7O3/c26-23(27)20-12-30-22-6-1-15(11-19(20)22)7-9-28-24(35)17-4-2-16(3-5-17)21-8-10-29-25(32-21)31-18(13-33)14-34/h1-6,8,10-12,18,30,33-34H,7,9,13-14H2,(H3,26,27)(H,28,35)(H,29,31,32). The lowest BCUT2D eigenvalue weighted by Crippen LogP contribution is -2.28. The van der Waals surface area contributed by atoms with Crippen LogP contribution in [0.4, 0.5) is 5.95 Å². The van der Waals surface area contributed by atoms with Crippen LogP contribution in [0.25, 0.3) is 22.2 Å². The summed E-state index contributed by atoms with van der Waals surface area (Å²) in [6.45, 7) is -0.0219. The summed E-state index contributed by atoms with van der Waals surface area (Å²) < 4.78 is 0. The summed E-state index contributed by atoms with van der Waals surface area (Å²) in [6, 6.07) is 14.2. The second-order valence-electron chi connectivity index (χ2n) is 8.05. The van der Waals surface area contributed by atoms with E-state index in [0.717, 1.165) is 22.0 Å². The van der Waals surface area contributed by atoms with Crippen molar-refractivity contribution in [2.75, 3.05) is 25.1 Å². The maximum absolute atomic E-state index is 12.6. The third-order valence-corrected chi connectivity index (χ3v) is 5.61. The molecule has 0 spiro atoms. The van der Waals surface area contributed by atoms with Gasteiger partial charge in [-0.15, -0.1) is 0 Å². The normalized spacial score (nSPS) is 11.1. The van der Waals surface area contributed by atoms with E-state index in [0.29, 0.717) is 35.7 Å². The highest BCUT2D eigenvalue weighted by Crippen LogP contribution is 2.20. The molecule has 10 heteroatoms. The van der Waals surface area contributed by atoms with Gasteiger partial charge < -0.3 is 31.6 Å². The van der Waals surface area contributed by atoms with Crippen molar-refractivity contribution >= 4 is 28.6 Å². The Morgan fingerprint density at radius 3 is 2.60 bits per heavy atom. The molecule has 0 saturated carbocycles. The Labute approximate surface area is 201 Å². The molecule has 8 N–H and O–H groups in total. The molecule has 0 bridgehead atoms. The average molecular weight is 474 g/mol. The van der Waals surface area contributed by atoms with Gasteiger partial charge in [-0.1, -0.05) is 18.2 Å². The molecule has 2 aromatic heterocycles. The molecule has 0 aliphatic carbocycles. The number of nitrogens with zero attached hydrogens (tertiary/aromatic N) is 2. The molecular weight excluding hydrogens is 446 g/mol. The summed E-state index contributed by atoms with van der Waals surface area (Å²) >= 11 is 0. The van der Waals surface area contributed by atoms with Crippen LogP contribution in [0.5, 0.6) is 0 Å². The molecule has 0 atom stereocenters. The van der Waals surface area contributed by atoms with E-state index in [1.807, 2.05) is 18.2 Å². The van der Waals surface area contributed by atoms with Gasteiger partial charge in [0.2, 0.25) is 5.95 Å². The van der Waals surface area contributed by atoms with Gasteiger partial charge in [-0.05, 0) is 42.3 Å². The number of fused-ring (bicyclic) bond motifs is 1. The van der Waals surface area contributed by atoms with Crippen molar-refractivity contribution in [1.82, 2.24) is 20.3 Å². The number of benzene rings is 2. The van der Waals surface area contributed by atoms with Gasteiger partial charge in [0.05, 0.1) is 24.9 Å². The molecule has 2 aromatic carbocycles. The number of anilines is 1. The number of carbonyl (C=O) groups is 1. The predicted molar refractivity (Wildman–Crippen MR) is 134 cm³/mol. The number of aromatic amines is 1.